The molecule has 0 bridgehead atoms. The Hall–Kier alpha value is -1.16. The van der Waals surface area contributed by atoms with E-state index in [0.29, 0.717) is 12.1 Å². The van der Waals surface area contributed by atoms with E-state index in [1.54, 1.807) is 6.92 Å². The van der Waals surface area contributed by atoms with Gasteiger partial charge in [-0.2, -0.15) is 0 Å². The van der Waals surface area contributed by atoms with Gasteiger partial charge in [0.25, 0.3) is 0 Å². The first-order chi connectivity index (χ1) is 8.00. The first-order valence-corrected chi connectivity index (χ1v) is 5.95. The van der Waals surface area contributed by atoms with Crippen molar-refractivity contribution in [1.29, 1.82) is 0 Å². The number of hydrogen-bond acceptors (Lipinski definition) is 2. The van der Waals surface area contributed by atoms with Crippen LogP contribution in [-0.2, 0) is 0 Å². The van der Waals surface area contributed by atoms with E-state index in [1.807, 2.05) is 18.7 Å². The molecule has 1 aliphatic rings. The summed E-state index contributed by atoms with van der Waals surface area (Å²) in [7, 11) is 0. The number of piperazine rings is 1. The SMILES string of the molecule is Cc1ccc(F)c(N2CC(C)NCC2C)c1F. The van der Waals surface area contributed by atoms with Crippen LogP contribution in [0.5, 0.6) is 0 Å². The maximum absolute atomic E-state index is 14.0. The Balaban J connectivity index is 2.41. The van der Waals surface area contributed by atoms with Crippen LogP contribution in [0.25, 0.3) is 0 Å². The van der Waals surface area contributed by atoms with Crippen molar-refractivity contribution in [3.05, 3.63) is 29.3 Å². The molecule has 0 aromatic heterocycles. The number of hydrogen-bond donors (Lipinski definition) is 1. The molecule has 1 heterocycles. The van der Waals surface area contributed by atoms with Gasteiger partial charge in [0.1, 0.15) is 11.5 Å². The predicted molar refractivity (Wildman–Crippen MR) is 65.4 cm³/mol. The number of rotatable bonds is 1. The average molecular weight is 240 g/mol. The van der Waals surface area contributed by atoms with Crippen molar-refractivity contribution in [3.63, 3.8) is 0 Å². The molecule has 2 atom stereocenters. The summed E-state index contributed by atoms with van der Waals surface area (Å²) in [4.78, 5) is 1.82. The van der Waals surface area contributed by atoms with Crippen molar-refractivity contribution < 1.29 is 8.78 Å². The largest absolute Gasteiger partial charge is 0.361 e. The molecule has 0 amide bonds. The standard InChI is InChI=1S/C13H18F2N2/c1-8-4-5-11(14)13(12(8)15)17-7-9(2)16-6-10(17)3/h4-5,9-10,16H,6-7H2,1-3H3. The molecule has 0 radical (unpaired) electrons. The lowest BCUT2D eigenvalue weighted by atomic mass is 10.1. The van der Waals surface area contributed by atoms with Gasteiger partial charge < -0.3 is 10.2 Å². The average Bonchev–Trinajstić information content (AvgIpc) is 2.29. The Labute approximate surface area is 101 Å². The second kappa shape index (κ2) is 4.61. The van der Waals surface area contributed by atoms with Crippen molar-refractivity contribution in [3.8, 4) is 0 Å². The highest BCUT2D eigenvalue weighted by Crippen LogP contribution is 2.28. The minimum Gasteiger partial charge on any atom is -0.361 e. The van der Waals surface area contributed by atoms with Crippen molar-refractivity contribution in [2.45, 2.75) is 32.9 Å². The van der Waals surface area contributed by atoms with E-state index < -0.39 is 11.6 Å². The first-order valence-electron chi connectivity index (χ1n) is 5.95. The predicted octanol–water partition coefficient (Wildman–Crippen LogP) is 2.46. The molecule has 94 valence electrons. The molecule has 17 heavy (non-hydrogen) atoms. The second-order valence-electron chi connectivity index (χ2n) is 4.84. The molecular weight excluding hydrogens is 222 g/mol. The molecule has 1 aromatic rings. The molecule has 1 aromatic carbocycles. The lowest BCUT2D eigenvalue weighted by Crippen LogP contribution is -2.55. The molecule has 2 nitrogen and oxygen atoms in total. The van der Waals surface area contributed by atoms with Crippen LogP contribution < -0.4 is 10.2 Å². The van der Waals surface area contributed by atoms with E-state index in [1.165, 1.54) is 12.1 Å². The van der Waals surface area contributed by atoms with Crippen LogP contribution in [0.4, 0.5) is 14.5 Å². The molecule has 1 aliphatic heterocycles. The summed E-state index contributed by atoms with van der Waals surface area (Å²) in [6.07, 6.45) is 0. The van der Waals surface area contributed by atoms with Gasteiger partial charge in [0.15, 0.2) is 5.82 Å². The number of halogens is 2. The van der Waals surface area contributed by atoms with E-state index in [4.69, 9.17) is 0 Å². The Morgan fingerprint density at radius 3 is 2.71 bits per heavy atom. The van der Waals surface area contributed by atoms with Gasteiger partial charge in [-0.3, -0.25) is 0 Å². The molecule has 1 saturated heterocycles. The lowest BCUT2D eigenvalue weighted by molar-refractivity contribution is 0.414. The van der Waals surface area contributed by atoms with Gasteiger partial charge in [0.2, 0.25) is 0 Å². The molecule has 0 aliphatic carbocycles. The van der Waals surface area contributed by atoms with Gasteiger partial charge in [0, 0.05) is 25.2 Å². The second-order valence-corrected chi connectivity index (χ2v) is 4.84. The summed E-state index contributed by atoms with van der Waals surface area (Å²) in [5.41, 5.74) is 0.602. The summed E-state index contributed by atoms with van der Waals surface area (Å²) in [6, 6.07) is 3.15. The maximum atomic E-state index is 14.0. The fraction of sp³-hybridized carbons (Fsp3) is 0.538. The Morgan fingerprint density at radius 1 is 1.29 bits per heavy atom. The molecule has 2 rings (SSSR count). The van der Waals surface area contributed by atoms with Gasteiger partial charge in [-0.15, -0.1) is 0 Å². The first kappa shape index (κ1) is 12.3. The lowest BCUT2D eigenvalue weighted by Gasteiger charge is -2.39. The normalized spacial score (nSPS) is 25.1. The number of nitrogens with one attached hydrogen (secondary N) is 1. The third-order valence-electron chi connectivity index (χ3n) is 3.31. The minimum atomic E-state index is -0.478. The molecule has 1 fully saturated rings. The summed E-state index contributed by atoms with van der Waals surface area (Å²) in [5, 5.41) is 3.30. The van der Waals surface area contributed by atoms with Crippen molar-refractivity contribution in [2.24, 2.45) is 0 Å². The fourth-order valence-corrected chi connectivity index (χ4v) is 2.24. The highest BCUT2D eigenvalue weighted by molar-refractivity contribution is 5.53. The molecule has 4 heteroatoms. The Kier molecular flexibility index (Phi) is 3.33. The summed E-state index contributed by atoms with van der Waals surface area (Å²) in [5.74, 6) is -0.917. The van der Waals surface area contributed by atoms with Crippen LogP contribution in [0.1, 0.15) is 19.4 Å². The quantitative estimate of drug-likeness (QED) is 0.811. The third kappa shape index (κ3) is 2.27. The summed E-state index contributed by atoms with van der Waals surface area (Å²) in [6.45, 7) is 7.02. The zero-order chi connectivity index (χ0) is 12.6. The Morgan fingerprint density at radius 2 is 2.00 bits per heavy atom. The number of anilines is 1. The smallest absolute Gasteiger partial charge is 0.152 e. The van der Waals surface area contributed by atoms with Gasteiger partial charge in [0.05, 0.1) is 0 Å². The minimum absolute atomic E-state index is 0.0944. The zero-order valence-corrected chi connectivity index (χ0v) is 10.4. The highest BCUT2D eigenvalue weighted by Gasteiger charge is 2.27. The molecular formula is C13H18F2N2. The van der Waals surface area contributed by atoms with Gasteiger partial charge in [-0.1, -0.05) is 6.07 Å². The van der Waals surface area contributed by atoms with Crippen molar-refractivity contribution in [1.82, 2.24) is 5.32 Å². The van der Waals surface area contributed by atoms with Crippen LogP contribution in [0.2, 0.25) is 0 Å². The van der Waals surface area contributed by atoms with Crippen LogP contribution in [-0.4, -0.2) is 25.2 Å². The van der Waals surface area contributed by atoms with Crippen molar-refractivity contribution in [2.75, 3.05) is 18.0 Å². The number of benzene rings is 1. The molecule has 0 saturated carbocycles. The van der Waals surface area contributed by atoms with Gasteiger partial charge in [-0.25, -0.2) is 8.78 Å². The monoisotopic (exact) mass is 240 g/mol. The van der Waals surface area contributed by atoms with Crippen LogP contribution in [0.3, 0.4) is 0 Å². The molecule has 0 spiro atoms. The zero-order valence-electron chi connectivity index (χ0n) is 10.4. The Bertz CT molecular complexity index is 420. The van der Waals surface area contributed by atoms with E-state index in [9.17, 15) is 8.78 Å². The van der Waals surface area contributed by atoms with Crippen LogP contribution in [0.15, 0.2) is 12.1 Å². The van der Waals surface area contributed by atoms with Crippen LogP contribution in [0, 0.1) is 18.6 Å². The van der Waals surface area contributed by atoms with Gasteiger partial charge in [-0.05, 0) is 32.4 Å². The summed E-state index contributed by atoms with van der Waals surface area (Å²) < 4.78 is 27.9. The topological polar surface area (TPSA) is 15.3 Å². The van der Waals surface area contributed by atoms with E-state index in [0.717, 1.165) is 6.54 Å². The molecule has 2 unspecified atom stereocenters. The van der Waals surface area contributed by atoms with Gasteiger partial charge >= 0.3 is 0 Å². The number of aryl methyl sites for hydroxylation is 1. The van der Waals surface area contributed by atoms with Crippen molar-refractivity contribution >= 4 is 5.69 Å². The number of nitrogens with zero attached hydrogens (tertiary/aromatic N) is 1. The maximum Gasteiger partial charge on any atom is 0.152 e. The van der Waals surface area contributed by atoms with E-state index in [2.05, 4.69) is 5.32 Å². The third-order valence-corrected chi connectivity index (χ3v) is 3.31. The van der Waals surface area contributed by atoms with E-state index >= 15 is 0 Å². The highest BCUT2D eigenvalue weighted by atomic mass is 19.1. The van der Waals surface area contributed by atoms with E-state index in [-0.39, 0.29) is 17.8 Å². The fourth-order valence-electron chi connectivity index (χ4n) is 2.24. The molecule has 1 N–H and O–H groups in total. The van der Waals surface area contributed by atoms with Crippen LogP contribution >= 0.6 is 0 Å². The summed E-state index contributed by atoms with van der Waals surface area (Å²) >= 11 is 0.